The Kier molecular flexibility index (Phi) is 8.15. The fourth-order valence-corrected chi connectivity index (χ4v) is 9.57. The molecule has 0 saturated heterocycles. The average Bonchev–Trinajstić information content (AvgIpc) is 3.56. The van der Waals surface area contributed by atoms with E-state index < -0.39 is 0 Å². The summed E-state index contributed by atoms with van der Waals surface area (Å²) in [5, 5.41) is 0. The van der Waals surface area contributed by atoms with E-state index in [0.717, 1.165) is 38.5 Å². The van der Waals surface area contributed by atoms with E-state index in [4.69, 9.17) is 0 Å². The molecule has 2 N–H and O–H groups in total. The van der Waals surface area contributed by atoms with Gasteiger partial charge in [0.2, 0.25) is 0 Å². The second kappa shape index (κ2) is 13.0. The summed E-state index contributed by atoms with van der Waals surface area (Å²) < 4.78 is 0. The predicted octanol–water partition coefficient (Wildman–Crippen LogP) is 12.7. The summed E-state index contributed by atoms with van der Waals surface area (Å²) in [6, 6.07) is 41.5. The van der Waals surface area contributed by atoms with Crippen molar-refractivity contribution in [1.29, 1.82) is 0 Å². The number of aromatic amines is 2. The number of rotatable bonds is 5. The standard InChI is InChI=1S/C50H48N2/c1-30-20-24-37(25-21-30)44-41-18-10-14-35-12-6-8-16-39(35)47(41)51-49(44)46(43-33(4)28-32(3)29-34(43)5)50-45(38-26-22-31(2)23-27-38)42-19-11-15-36-13-7-9-17-40(36)48(42)52-50/h6-9,12-13,16-17,20-29,46,51-52H,10-11,14-15,18-19H2,1-5H3. The van der Waals surface area contributed by atoms with Gasteiger partial charge >= 0.3 is 0 Å². The zero-order valence-electron chi connectivity index (χ0n) is 31.2. The highest BCUT2D eigenvalue weighted by Gasteiger charge is 2.35. The topological polar surface area (TPSA) is 31.6 Å². The minimum Gasteiger partial charge on any atom is -0.357 e. The van der Waals surface area contributed by atoms with Crippen molar-refractivity contribution in [3.8, 4) is 44.8 Å². The van der Waals surface area contributed by atoms with Crippen molar-refractivity contribution < 1.29 is 0 Å². The van der Waals surface area contributed by atoms with Crippen LogP contribution in [0.4, 0.5) is 0 Å². The maximum absolute atomic E-state index is 4.26. The summed E-state index contributed by atoms with van der Waals surface area (Å²) in [7, 11) is 0. The second-order valence-corrected chi connectivity index (χ2v) is 15.5. The van der Waals surface area contributed by atoms with E-state index in [9.17, 15) is 0 Å². The molecule has 0 unspecified atom stereocenters. The highest BCUT2D eigenvalue weighted by atomic mass is 14.8. The van der Waals surface area contributed by atoms with E-state index in [0.29, 0.717) is 0 Å². The van der Waals surface area contributed by atoms with Crippen LogP contribution in [0.2, 0.25) is 0 Å². The quantitative estimate of drug-likeness (QED) is 0.182. The highest BCUT2D eigenvalue weighted by Crippen LogP contribution is 2.51. The van der Waals surface area contributed by atoms with Gasteiger partial charge in [0.25, 0.3) is 0 Å². The van der Waals surface area contributed by atoms with Crippen molar-refractivity contribution in [1.82, 2.24) is 9.97 Å². The van der Waals surface area contributed by atoms with Crippen molar-refractivity contribution in [2.45, 2.75) is 79.1 Å². The van der Waals surface area contributed by atoms with Crippen molar-refractivity contribution in [2.75, 3.05) is 0 Å². The summed E-state index contributed by atoms with van der Waals surface area (Å²) in [6.07, 6.45) is 6.55. The summed E-state index contributed by atoms with van der Waals surface area (Å²) in [4.78, 5) is 8.51. The maximum Gasteiger partial charge on any atom is 0.0659 e. The number of H-pyrrole nitrogens is 2. The Morgan fingerprint density at radius 2 is 0.885 bits per heavy atom. The molecule has 0 aliphatic heterocycles. The molecule has 0 bridgehead atoms. The molecule has 0 spiro atoms. The van der Waals surface area contributed by atoms with Gasteiger partial charge in [-0.1, -0.05) is 126 Å². The van der Waals surface area contributed by atoms with Gasteiger partial charge in [0.05, 0.1) is 5.92 Å². The van der Waals surface area contributed by atoms with Crippen LogP contribution in [0, 0.1) is 34.6 Å². The van der Waals surface area contributed by atoms with E-state index >= 15 is 0 Å². The maximum atomic E-state index is 4.26. The third kappa shape index (κ3) is 5.48. The van der Waals surface area contributed by atoms with Gasteiger partial charge in [-0.2, -0.15) is 0 Å². The van der Waals surface area contributed by atoms with E-state index in [1.165, 1.54) is 112 Å². The zero-order valence-corrected chi connectivity index (χ0v) is 31.2. The molecule has 0 fully saturated rings. The number of hydrogen-bond acceptors (Lipinski definition) is 0. The molecule has 2 heterocycles. The fourth-order valence-electron chi connectivity index (χ4n) is 9.57. The number of benzene rings is 5. The van der Waals surface area contributed by atoms with Gasteiger partial charge in [0.15, 0.2) is 0 Å². The first kappa shape index (κ1) is 32.6. The monoisotopic (exact) mass is 676 g/mol. The lowest BCUT2D eigenvalue weighted by Crippen LogP contribution is -2.12. The summed E-state index contributed by atoms with van der Waals surface area (Å²) in [5.41, 5.74) is 26.9. The molecule has 5 aromatic carbocycles. The normalized spacial score (nSPS) is 13.6. The van der Waals surface area contributed by atoms with Crippen LogP contribution in [0.5, 0.6) is 0 Å². The lowest BCUT2D eigenvalue weighted by molar-refractivity contribution is 0.832. The SMILES string of the molecule is Cc1ccc(-c2c(C(c3[nH]c4c(c3-c3ccc(C)cc3)CCCc3ccccc3-4)c3c(C)cc(C)cc3C)[nH]c3c2CCCc2ccccc2-3)cc1. The molecule has 52 heavy (non-hydrogen) atoms. The Balaban J connectivity index is 1.43. The van der Waals surface area contributed by atoms with E-state index in [1.54, 1.807) is 0 Å². The third-order valence-electron chi connectivity index (χ3n) is 11.9. The van der Waals surface area contributed by atoms with Crippen LogP contribution in [0.15, 0.2) is 109 Å². The van der Waals surface area contributed by atoms with Gasteiger partial charge in [-0.05, 0) is 123 Å². The molecule has 7 aromatic rings. The largest absolute Gasteiger partial charge is 0.357 e. The van der Waals surface area contributed by atoms with Crippen LogP contribution in [-0.2, 0) is 25.7 Å². The molecule has 9 rings (SSSR count). The lowest BCUT2D eigenvalue weighted by Gasteiger charge is -2.25. The molecule has 2 nitrogen and oxygen atoms in total. The molecular formula is C50H48N2. The molecule has 0 atom stereocenters. The number of aryl methyl sites for hydroxylation is 7. The van der Waals surface area contributed by atoms with Crippen LogP contribution in [0.3, 0.4) is 0 Å². The summed E-state index contributed by atoms with van der Waals surface area (Å²) in [6.45, 7) is 11.3. The first-order chi connectivity index (χ1) is 25.4. The first-order valence-corrected chi connectivity index (χ1v) is 19.2. The molecule has 0 radical (unpaired) electrons. The molecule has 2 heteroatoms. The zero-order chi connectivity index (χ0) is 35.5. The van der Waals surface area contributed by atoms with Crippen molar-refractivity contribution >= 4 is 0 Å². The molecule has 2 aromatic heterocycles. The fraction of sp³-hybridized carbons (Fsp3) is 0.240. The van der Waals surface area contributed by atoms with Gasteiger partial charge in [0, 0.05) is 45.0 Å². The molecule has 0 amide bonds. The summed E-state index contributed by atoms with van der Waals surface area (Å²) in [5.74, 6) is -0.0496. The van der Waals surface area contributed by atoms with Crippen LogP contribution >= 0.6 is 0 Å². The van der Waals surface area contributed by atoms with Gasteiger partial charge < -0.3 is 9.97 Å². The molecule has 258 valence electrons. The Bertz CT molecular complexity index is 2280. The Hall–Kier alpha value is -5.34. The number of nitrogens with one attached hydrogen (secondary N) is 2. The Morgan fingerprint density at radius 3 is 1.33 bits per heavy atom. The third-order valence-corrected chi connectivity index (χ3v) is 11.9. The van der Waals surface area contributed by atoms with Crippen LogP contribution < -0.4 is 0 Å². The Labute approximate surface area is 309 Å². The van der Waals surface area contributed by atoms with E-state index in [2.05, 4.69) is 154 Å². The van der Waals surface area contributed by atoms with E-state index in [-0.39, 0.29) is 5.92 Å². The molecular weight excluding hydrogens is 629 g/mol. The van der Waals surface area contributed by atoms with Crippen LogP contribution in [0.25, 0.3) is 44.8 Å². The lowest BCUT2D eigenvalue weighted by atomic mass is 9.79. The number of hydrogen-bond donors (Lipinski definition) is 2. The molecule has 2 aliphatic rings. The number of aromatic nitrogens is 2. The minimum atomic E-state index is -0.0496. The van der Waals surface area contributed by atoms with Gasteiger partial charge in [-0.3, -0.25) is 0 Å². The molecule has 2 aliphatic carbocycles. The number of fused-ring (bicyclic) bond motifs is 6. The Morgan fingerprint density at radius 1 is 0.462 bits per heavy atom. The molecule has 0 saturated carbocycles. The second-order valence-electron chi connectivity index (χ2n) is 15.5. The van der Waals surface area contributed by atoms with Gasteiger partial charge in [0.1, 0.15) is 0 Å². The van der Waals surface area contributed by atoms with Crippen molar-refractivity contribution in [3.63, 3.8) is 0 Å². The minimum absolute atomic E-state index is 0.0496. The van der Waals surface area contributed by atoms with Crippen molar-refractivity contribution in [2.24, 2.45) is 0 Å². The smallest absolute Gasteiger partial charge is 0.0659 e. The van der Waals surface area contributed by atoms with Crippen molar-refractivity contribution in [3.05, 3.63) is 176 Å². The average molecular weight is 677 g/mol. The van der Waals surface area contributed by atoms with E-state index in [1.807, 2.05) is 0 Å². The first-order valence-electron chi connectivity index (χ1n) is 19.2. The highest BCUT2D eigenvalue weighted by molar-refractivity contribution is 5.87. The predicted molar refractivity (Wildman–Crippen MR) is 218 cm³/mol. The van der Waals surface area contributed by atoms with Gasteiger partial charge in [-0.15, -0.1) is 0 Å². The van der Waals surface area contributed by atoms with Crippen LogP contribution in [0.1, 0.15) is 85.8 Å². The van der Waals surface area contributed by atoms with Gasteiger partial charge in [-0.25, -0.2) is 0 Å². The van der Waals surface area contributed by atoms with Crippen LogP contribution in [-0.4, -0.2) is 9.97 Å². The summed E-state index contributed by atoms with van der Waals surface area (Å²) >= 11 is 0.